The predicted molar refractivity (Wildman–Crippen MR) is 77.4 cm³/mol. The number of halogens is 3. The number of nitrogens with one attached hydrogen (secondary N) is 1. The summed E-state index contributed by atoms with van der Waals surface area (Å²) in [5.74, 6) is -0.153. The number of alkyl halides is 3. The molecule has 21 heavy (non-hydrogen) atoms. The highest BCUT2D eigenvalue weighted by Crippen LogP contribution is 2.35. The Morgan fingerprint density at radius 1 is 1.33 bits per heavy atom. The maximum Gasteiger partial charge on any atom is 0.418 e. The molecule has 0 saturated heterocycles. The third kappa shape index (κ3) is 4.65. The van der Waals surface area contributed by atoms with Crippen LogP contribution in [0.4, 0.5) is 18.9 Å². The standard InChI is InChI=1S/C15H21F3N2O/c1-5-19-13-7-6-11(8-12(13)15(16,17)18)14(21)20(4)9-10(2)3/h6-8,10,19H,5,9H2,1-4H3. The first kappa shape index (κ1) is 17.3. The minimum atomic E-state index is -4.50. The molecule has 0 saturated carbocycles. The van der Waals surface area contributed by atoms with Gasteiger partial charge in [-0.05, 0) is 31.0 Å². The zero-order valence-electron chi connectivity index (χ0n) is 12.7. The van der Waals surface area contributed by atoms with Crippen LogP contribution in [0.25, 0.3) is 0 Å². The van der Waals surface area contributed by atoms with E-state index in [2.05, 4.69) is 5.32 Å². The van der Waals surface area contributed by atoms with Gasteiger partial charge in [-0.3, -0.25) is 4.79 Å². The molecule has 0 spiro atoms. The van der Waals surface area contributed by atoms with E-state index in [9.17, 15) is 18.0 Å². The summed E-state index contributed by atoms with van der Waals surface area (Å²) in [5, 5.41) is 2.67. The molecule has 1 amide bonds. The molecule has 118 valence electrons. The molecule has 0 aromatic heterocycles. The number of anilines is 1. The largest absolute Gasteiger partial charge is 0.418 e. The first-order valence-corrected chi connectivity index (χ1v) is 6.87. The highest BCUT2D eigenvalue weighted by atomic mass is 19.4. The van der Waals surface area contributed by atoms with Crippen LogP contribution in [-0.4, -0.2) is 30.9 Å². The van der Waals surface area contributed by atoms with Gasteiger partial charge in [-0.15, -0.1) is 0 Å². The number of benzene rings is 1. The lowest BCUT2D eigenvalue weighted by molar-refractivity contribution is -0.137. The van der Waals surface area contributed by atoms with Crippen LogP contribution in [0, 0.1) is 5.92 Å². The van der Waals surface area contributed by atoms with E-state index in [1.807, 2.05) is 13.8 Å². The Morgan fingerprint density at radius 3 is 2.43 bits per heavy atom. The van der Waals surface area contributed by atoms with Crippen molar-refractivity contribution >= 4 is 11.6 Å². The fourth-order valence-corrected chi connectivity index (χ4v) is 2.11. The molecule has 0 heterocycles. The molecule has 1 aromatic rings. The van der Waals surface area contributed by atoms with E-state index >= 15 is 0 Å². The Hall–Kier alpha value is -1.72. The number of hydrogen-bond donors (Lipinski definition) is 1. The quantitative estimate of drug-likeness (QED) is 0.895. The lowest BCUT2D eigenvalue weighted by Crippen LogP contribution is -2.30. The van der Waals surface area contributed by atoms with Gasteiger partial charge in [0.25, 0.3) is 5.91 Å². The summed E-state index contributed by atoms with van der Waals surface area (Å²) < 4.78 is 39.2. The molecule has 0 aliphatic rings. The van der Waals surface area contributed by atoms with Crippen LogP contribution >= 0.6 is 0 Å². The van der Waals surface area contributed by atoms with E-state index in [1.54, 1.807) is 14.0 Å². The van der Waals surface area contributed by atoms with Crippen molar-refractivity contribution in [2.75, 3.05) is 25.5 Å². The molecule has 6 heteroatoms. The normalized spacial score (nSPS) is 11.6. The maximum atomic E-state index is 13.1. The molecule has 0 fully saturated rings. The predicted octanol–water partition coefficient (Wildman–Crippen LogP) is 3.87. The van der Waals surface area contributed by atoms with Crippen molar-refractivity contribution in [2.45, 2.75) is 26.9 Å². The summed E-state index contributed by atoms with van der Waals surface area (Å²) in [6, 6.07) is 3.65. The maximum absolute atomic E-state index is 13.1. The van der Waals surface area contributed by atoms with Gasteiger partial charge in [0.15, 0.2) is 0 Å². The summed E-state index contributed by atoms with van der Waals surface area (Å²) in [6.07, 6.45) is -4.50. The van der Waals surface area contributed by atoms with Gasteiger partial charge in [-0.25, -0.2) is 0 Å². The van der Waals surface area contributed by atoms with E-state index in [0.29, 0.717) is 13.1 Å². The van der Waals surface area contributed by atoms with Crippen LogP contribution in [0.1, 0.15) is 36.7 Å². The molecule has 1 N–H and O–H groups in total. The smallest absolute Gasteiger partial charge is 0.385 e. The van der Waals surface area contributed by atoms with Gasteiger partial charge in [0.05, 0.1) is 5.56 Å². The van der Waals surface area contributed by atoms with Gasteiger partial charge in [-0.2, -0.15) is 13.2 Å². The van der Waals surface area contributed by atoms with Gasteiger partial charge >= 0.3 is 6.18 Å². The van der Waals surface area contributed by atoms with Gasteiger partial charge in [0, 0.05) is 31.4 Å². The number of hydrogen-bond acceptors (Lipinski definition) is 2. The second-order valence-electron chi connectivity index (χ2n) is 5.37. The highest BCUT2D eigenvalue weighted by molar-refractivity contribution is 5.94. The molecular formula is C15H21F3N2O. The van der Waals surface area contributed by atoms with Gasteiger partial charge in [0.1, 0.15) is 0 Å². The summed E-state index contributed by atoms with van der Waals surface area (Å²) >= 11 is 0. The van der Waals surface area contributed by atoms with Crippen LogP contribution in [0.3, 0.4) is 0 Å². The van der Waals surface area contributed by atoms with Crippen molar-refractivity contribution in [3.63, 3.8) is 0 Å². The zero-order chi connectivity index (χ0) is 16.2. The van der Waals surface area contributed by atoms with Gasteiger partial charge in [0.2, 0.25) is 0 Å². The second kappa shape index (κ2) is 6.83. The lowest BCUT2D eigenvalue weighted by atomic mass is 10.1. The second-order valence-corrected chi connectivity index (χ2v) is 5.37. The monoisotopic (exact) mass is 302 g/mol. The molecule has 0 bridgehead atoms. The minimum absolute atomic E-state index is 0.00642. The molecule has 1 aromatic carbocycles. The highest BCUT2D eigenvalue weighted by Gasteiger charge is 2.34. The molecule has 3 nitrogen and oxygen atoms in total. The van der Waals surface area contributed by atoms with E-state index in [4.69, 9.17) is 0 Å². The van der Waals surface area contributed by atoms with Crippen molar-refractivity contribution in [2.24, 2.45) is 5.92 Å². The van der Waals surface area contributed by atoms with Crippen LogP contribution in [-0.2, 0) is 6.18 Å². The zero-order valence-corrected chi connectivity index (χ0v) is 12.7. The van der Waals surface area contributed by atoms with E-state index < -0.39 is 17.6 Å². The summed E-state index contributed by atoms with van der Waals surface area (Å²) in [6.45, 7) is 6.48. The van der Waals surface area contributed by atoms with Crippen LogP contribution in [0.5, 0.6) is 0 Å². The number of rotatable bonds is 5. The Bertz CT molecular complexity index is 498. The molecular weight excluding hydrogens is 281 g/mol. The summed E-state index contributed by atoms with van der Waals surface area (Å²) in [7, 11) is 1.59. The lowest BCUT2D eigenvalue weighted by Gasteiger charge is -2.21. The Morgan fingerprint density at radius 2 is 1.95 bits per heavy atom. The number of carbonyl (C=O) groups excluding carboxylic acids is 1. The SMILES string of the molecule is CCNc1ccc(C(=O)N(C)CC(C)C)cc1C(F)(F)F. The molecule has 0 aliphatic carbocycles. The van der Waals surface area contributed by atoms with Crippen LogP contribution < -0.4 is 5.32 Å². The fraction of sp³-hybridized carbons (Fsp3) is 0.533. The van der Waals surface area contributed by atoms with Gasteiger partial charge in [-0.1, -0.05) is 13.8 Å². The van der Waals surface area contributed by atoms with E-state index in [-0.39, 0.29) is 17.2 Å². The number of amides is 1. The van der Waals surface area contributed by atoms with Crippen molar-refractivity contribution in [1.82, 2.24) is 4.90 Å². The first-order valence-electron chi connectivity index (χ1n) is 6.87. The molecule has 0 unspecified atom stereocenters. The molecule has 1 rings (SSSR count). The summed E-state index contributed by atoms with van der Waals surface area (Å²) in [4.78, 5) is 13.6. The topological polar surface area (TPSA) is 32.3 Å². The Labute approximate surface area is 123 Å². The summed E-state index contributed by atoms with van der Waals surface area (Å²) in [5.41, 5.74) is -0.770. The van der Waals surface area contributed by atoms with Crippen molar-refractivity contribution < 1.29 is 18.0 Å². The van der Waals surface area contributed by atoms with E-state index in [1.165, 1.54) is 17.0 Å². The van der Waals surface area contributed by atoms with Crippen LogP contribution in [0.2, 0.25) is 0 Å². The third-order valence-corrected chi connectivity index (χ3v) is 2.92. The van der Waals surface area contributed by atoms with Crippen molar-refractivity contribution in [1.29, 1.82) is 0 Å². The molecule has 0 atom stereocenters. The molecule has 0 aliphatic heterocycles. The molecule has 0 radical (unpaired) electrons. The van der Waals surface area contributed by atoms with Gasteiger partial charge < -0.3 is 10.2 Å². The minimum Gasteiger partial charge on any atom is -0.385 e. The number of carbonyl (C=O) groups is 1. The Balaban J connectivity index is 3.13. The van der Waals surface area contributed by atoms with E-state index in [0.717, 1.165) is 6.07 Å². The first-order chi connectivity index (χ1) is 9.66. The van der Waals surface area contributed by atoms with Crippen molar-refractivity contribution in [3.05, 3.63) is 29.3 Å². The fourth-order valence-electron chi connectivity index (χ4n) is 2.11. The van der Waals surface area contributed by atoms with Crippen LogP contribution in [0.15, 0.2) is 18.2 Å². The Kier molecular flexibility index (Phi) is 5.63. The third-order valence-electron chi connectivity index (χ3n) is 2.92. The number of nitrogens with zero attached hydrogens (tertiary/aromatic N) is 1. The average molecular weight is 302 g/mol. The van der Waals surface area contributed by atoms with Crippen molar-refractivity contribution in [3.8, 4) is 0 Å². The average Bonchev–Trinajstić information content (AvgIpc) is 2.36.